The van der Waals surface area contributed by atoms with Crippen molar-refractivity contribution in [3.05, 3.63) is 47.5 Å². The topological polar surface area (TPSA) is 82.8 Å². The van der Waals surface area contributed by atoms with Crippen LogP contribution in [0.5, 0.6) is 0 Å². The summed E-state index contributed by atoms with van der Waals surface area (Å²) in [6, 6.07) is 7.35. The molecule has 2 atom stereocenters. The van der Waals surface area contributed by atoms with E-state index < -0.39 is 12.3 Å². The standard InChI is InChI=1S/C18H19FN6O/c1-24-7-13(6-21-24)8-25-9-14(19)17(10-25)26-11-18-22-15-3-2-12(5-20)4-16(15)23-18/h2-4,6-7,14,17H,8-11H2,1H3,(H,22,23). The van der Waals surface area contributed by atoms with Gasteiger partial charge in [-0.3, -0.25) is 9.58 Å². The van der Waals surface area contributed by atoms with Crippen LogP contribution in [0.1, 0.15) is 17.0 Å². The van der Waals surface area contributed by atoms with Crippen molar-refractivity contribution < 1.29 is 9.13 Å². The maximum absolute atomic E-state index is 14.3. The van der Waals surface area contributed by atoms with E-state index in [1.807, 2.05) is 18.1 Å². The van der Waals surface area contributed by atoms with E-state index in [9.17, 15) is 4.39 Å². The molecule has 1 saturated heterocycles. The van der Waals surface area contributed by atoms with E-state index >= 15 is 0 Å². The molecule has 0 spiro atoms. The lowest BCUT2D eigenvalue weighted by Crippen LogP contribution is -2.24. The Morgan fingerprint density at radius 3 is 3.08 bits per heavy atom. The number of rotatable bonds is 5. The third-order valence-corrected chi connectivity index (χ3v) is 4.53. The van der Waals surface area contributed by atoms with Gasteiger partial charge in [0.1, 0.15) is 24.7 Å². The summed E-state index contributed by atoms with van der Waals surface area (Å²) in [5, 5.41) is 13.1. The van der Waals surface area contributed by atoms with Gasteiger partial charge in [-0.25, -0.2) is 9.37 Å². The maximum Gasteiger partial charge on any atom is 0.140 e. The van der Waals surface area contributed by atoms with E-state index in [1.165, 1.54) is 0 Å². The first-order valence-corrected chi connectivity index (χ1v) is 8.45. The Hall–Kier alpha value is -2.76. The highest BCUT2D eigenvalue weighted by Crippen LogP contribution is 2.21. The van der Waals surface area contributed by atoms with Crippen LogP contribution in [-0.2, 0) is 24.9 Å². The van der Waals surface area contributed by atoms with Gasteiger partial charge >= 0.3 is 0 Å². The predicted molar refractivity (Wildman–Crippen MR) is 92.8 cm³/mol. The molecule has 0 bridgehead atoms. The van der Waals surface area contributed by atoms with Gasteiger partial charge in [-0.1, -0.05) is 0 Å². The van der Waals surface area contributed by atoms with Crippen molar-refractivity contribution in [1.29, 1.82) is 5.26 Å². The van der Waals surface area contributed by atoms with Gasteiger partial charge in [-0.2, -0.15) is 10.4 Å². The number of ether oxygens (including phenoxy) is 1. The molecule has 0 saturated carbocycles. The molecule has 1 fully saturated rings. The highest BCUT2D eigenvalue weighted by atomic mass is 19.1. The normalized spacial score (nSPS) is 20.7. The van der Waals surface area contributed by atoms with Crippen molar-refractivity contribution >= 4 is 11.0 Å². The van der Waals surface area contributed by atoms with Crippen molar-refractivity contribution in [2.24, 2.45) is 7.05 Å². The Balaban J connectivity index is 1.36. The Morgan fingerprint density at radius 1 is 1.42 bits per heavy atom. The van der Waals surface area contributed by atoms with Crippen LogP contribution in [0.2, 0.25) is 0 Å². The van der Waals surface area contributed by atoms with E-state index in [0.717, 1.165) is 16.6 Å². The number of nitrogens with zero attached hydrogens (tertiary/aromatic N) is 5. The van der Waals surface area contributed by atoms with Crippen molar-refractivity contribution in [2.45, 2.75) is 25.4 Å². The van der Waals surface area contributed by atoms with Gasteiger partial charge in [0.25, 0.3) is 0 Å². The zero-order valence-corrected chi connectivity index (χ0v) is 14.4. The first-order chi connectivity index (χ1) is 12.6. The third-order valence-electron chi connectivity index (χ3n) is 4.53. The number of aryl methyl sites for hydroxylation is 1. The predicted octanol–water partition coefficient (Wildman–Crippen LogP) is 1.91. The van der Waals surface area contributed by atoms with Crippen molar-refractivity contribution in [2.75, 3.05) is 13.1 Å². The molecule has 8 heteroatoms. The molecule has 7 nitrogen and oxygen atoms in total. The molecule has 3 heterocycles. The number of aromatic amines is 1. The number of hydrogen-bond acceptors (Lipinski definition) is 5. The van der Waals surface area contributed by atoms with Crippen LogP contribution >= 0.6 is 0 Å². The van der Waals surface area contributed by atoms with Gasteiger partial charge < -0.3 is 9.72 Å². The summed E-state index contributed by atoms with van der Waals surface area (Å²) < 4.78 is 21.8. The number of halogens is 1. The van der Waals surface area contributed by atoms with Crippen LogP contribution in [0.4, 0.5) is 4.39 Å². The highest BCUT2D eigenvalue weighted by molar-refractivity contribution is 5.76. The highest BCUT2D eigenvalue weighted by Gasteiger charge is 2.33. The molecule has 0 amide bonds. The van der Waals surface area contributed by atoms with Gasteiger partial charge in [0.05, 0.1) is 28.9 Å². The average molecular weight is 354 g/mol. The number of imidazole rings is 1. The minimum Gasteiger partial charge on any atom is -0.366 e. The number of nitriles is 1. The monoisotopic (exact) mass is 354 g/mol. The molecular formula is C18H19FN6O. The fourth-order valence-electron chi connectivity index (χ4n) is 3.29. The first-order valence-electron chi connectivity index (χ1n) is 8.45. The number of likely N-dealkylation sites (tertiary alicyclic amines) is 1. The van der Waals surface area contributed by atoms with Gasteiger partial charge in [0, 0.05) is 38.4 Å². The lowest BCUT2D eigenvalue weighted by atomic mass is 10.2. The zero-order chi connectivity index (χ0) is 18.1. The summed E-state index contributed by atoms with van der Waals surface area (Å²) in [5.41, 5.74) is 3.18. The summed E-state index contributed by atoms with van der Waals surface area (Å²) in [7, 11) is 1.87. The van der Waals surface area contributed by atoms with Crippen LogP contribution in [0.15, 0.2) is 30.6 Å². The SMILES string of the molecule is Cn1cc(CN2CC(F)C(OCc3nc4ccc(C#N)cc4[nH]3)C2)cn1. The van der Waals surface area contributed by atoms with Crippen molar-refractivity contribution in [3.8, 4) is 6.07 Å². The smallest absolute Gasteiger partial charge is 0.140 e. The largest absolute Gasteiger partial charge is 0.366 e. The second-order valence-corrected chi connectivity index (χ2v) is 6.61. The summed E-state index contributed by atoms with van der Waals surface area (Å²) in [5.74, 6) is 0.632. The molecule has 134 valence electrons. The second kappa shape index (κ2) is 6.86. The van der Waals surface area contributed by atoms with E-state index in [-0.39, 0.29) is 6.61 Å². The number of nitrogens with one attached hydrogen (secondary N) is 1. The van der Waals surface area contributed by atoms with Crippen molar-refractivity contribution in [1.82, 2.24) is 24.6 Å². The Morgan fingerprint density at radius 2 is 2.31 bits per heavy atom. The Labute approximate surface area is 150 Å². The van der Waals surface area contributed by atoms with Gasteiger partial charge in [0.15, 0.2) is 0 Å². The van der Waals surface area contributed by atoms with E-state index in [0.29, 0.717) is 31.0 Å². The second-order valence-electron chi connectivity index (χ2n) is 6.61. The summed E-state index contributed by atoms with van der Waals surface area (Å²) in [6.45, 7) is 1.76. The molecule has 4 rings (SSSR count). The first kappa shape index (κ1) is 16.7. The van der Waals surface area contributed by atoms with Crippen LogP contribution in [0.25, 0.3) is 11.0 Å². The Bertz CT molecular complexity index is 958. The number of hydrogen-bond donors (Lipinski definition) is 1. The zero-order valence-electron chi connectivity index (χ0n) is 14.4. The molecule has 3 aromatic rings. The summed E-state index contributed by atoms with van der Waals surface area (Å²) >= 11 is 0. The van der Waals surface area contributed by atoms with E-state index in [2.05, 4.69) is 21.1 Å². The van der Waals surface area contributed by atoms with Gasteiger partial charge in [-0.05, 0) is 18.2 Å². The minimum absolute atomic E-state index is 0.211. The molecule has 0 radical (unpaired) electrons. The van der Waals surface area contributed by atoms with E-state index in [1.54, 1.807) is 29.1 Å². The van der Waals surface area contributed by atoms with Gasteiger partial charge in [-0.15, -0.1) is 0 Å². The summed E-state index contributed by atoms with van der Waals surface area (Å²) in [4.78, 5) is 9.59. The maximum atomic E-state index is 14.3. The van der Waals surface area contributed by atoms with Crippen LogP contribution in [-0.4, -0.2) is 50.0 Å². The van der Waals surface area contributed by atoms with Crippen LogP contribution in [0, 0.1) is 11.3 Å². The molecular weight excluding hydrogens is 335 g/mol. The summed E-state index contributed by atoms with van der Waals surface area (Å²) in [6.07, 6.45) is 2.23. The van der Waals surface area contributed by atoms with E-state index in [4.69, 9.17) is 10.00 Å². The lowest BCUT2D eigenvalue weighted by molar-refractivity contribution is 0.00863. The molecule has 26 heavy (non-hydrogen) atoms. The van der Waals surface area contributed by atoms with Crippen molar-refractivity contribution in [3.63, 3.8) is 0 Å². The fraction of sp³-hybridized carbons (Fsp3) is 0.389. The number of benzene rings is 1. The molecule has 1 N–H and O–H groups in total. The molecule has 1 aromatic carbocycles. The third kappa shape index (κ3) is 3.45. The molecule has 1 aliphatic rings. The van der Waals surface area contributed by atoms with Crippen LogP contribution < -0.4 is 0 Å². The number of aromatic nitrogens is 4. The number of alkyl halides is 1. The quantitative estimate of drug-likeness (QED) is 0.757. The number of H-pyrrole nitrogens is 1. The minimum atomic E-state index is -1.03. The lowest BCUT2D eigenvalue weighted by Gasteiger charge is -2.14. The number of fused-ring (bicyclic) bond motifs is 1. The van der Waals surface area contributed by atoms with Gasteiger partial charge in [0.2, 0.25) is 0 Å². The molecule has 1 aliphatic heterocycles. The average Bonchev–Trinajstić information content (AvgIpc) is 3.31. The fourth-order valence-corrected chi connectivity index (χ4v) is 3.29. The Kier molecular flexibility index (Phi) is 4.41. The molecule has 2 unspecified atom stereocenters. The van der Waals surface area contributed by atoms with Crippen LogP contribution in [0.3, 0.4) is 0 Å². The molecule has 2 aromatic heterocycles. The molecule has 0 aliphatic carbocycles.